The molecule has 3 N–H and O–H groups in total. The number of fused-ring (bicyclic) bond motifs is 1. The van der Waals surface area contributed by atoms with Gasteiger partial charge in [-0.1, -0.05) is 36.4 Å². The lowest BCUT2D eigenvalue weighted by molar-refractivity contribution is 0.112. The van der Waals surface area contributed by atoms with Crippen LogP contribution in [0.4, 0.5) is 5.69 Å². The van der Waals surface area contributed by atoms with Gasteiger partial charge in [0.15, 0.2) is 5.04 Å². The normalized spacial score (nSPS) is 11.3. The van der Waals surface area contributed by atoms with Gasteiger partial charge in [-0.05, 0) is 29.7 Å². The number of hydrogen-bond acceptors (Lipinski definition) is 5. The second-order valence-electron chi connectivity index (χ2n) is 5.27. The van der Waals surface area contributed by atoms with Gasteiger partial charge in [0.1, 0.15) is 6.29 Å². The van der Waals surface area contributed by atoms with Gasteiger partial charge in [0.05, 0.1) is 4.90 Å². The predicted molar refractivity (Wildman–Crippen MR) is 94.2 cm³/mol. The second-order valence-corrected chi connectivity index (χ2v) is 7.13. The molecule has 0 aliphatic rings. The van der Waals surface area contributed by atoms with Gasteiger partial charge in [0.2, 0.25) is 9.84 Å². The first kappa shape index (κ1) is 15.9. The minimum absolute atomic E-state index is 0.0209. The van der Waals surface area contributed by atoms with Crippen molar-refractivity contribution in [1.29, 1.82) is 5.41 Å². The fraction of sp³-hybridized carbons (Fsp3) is 0. The van der Waals surface area contributed by atoms with Gasteiger partial charge in [-0.15, -0.1) is 0 Å². The molecule has 0 saturated carbocycles. The Morgan fingerprint density at radius 1 is 1.00 bits per heavy atom. The Balaban J connectivity index is 2.20. The summed E-state index contributed by atoms with van der Waals surface area (Å²) in [6, 6.07) is 16.2. The van der Waals surface area contributed by atoms with Crippen molar-refractivity contribution in [3.63, 3.8) is 0 Å². The molecule has 0 atom stereocenters. The highest BCUT2D eigenvalue weighted by molar-refractivity contribution is 8.07. The van der Waals surface area contributed by atoms with Crippen molar-refractivity contribution in [3.8, 4) is 0 Å². The van der Waals surface area contributed by atoms with E-state index in [0.29, 0.717) is 11.7 Å². The van der Waals surface area contributed by atoms with Crippen molar-refractivity contribution in [1.82, 2.24) is 0 Å². The molecular formula is C18H14N2O3S. The van der Waals surface area contributed by atoms with E-state index in [1.807, 2.05) is 6.07 Å². The summed E-state index contributed by atoms with van der Waals surface area (Å²) in [5.41, 5.74) is 6.23. The van der Waals surface area contributed by atoms with Gasteiger partial charge in [-0.25, -0.2) is 8.42 Å². The Morgan fingerprint density at radius 2 is 1.71 bits per heavy atom. The summed E-state index contributed by atoms with van der Waals surface area (Å²) in [5.74, 6) is 0. The second kappa shape index (κ2) is 5.90. The summed E-state index contributed by atoms with van der Waals surface area (Å²) < 4.78 is 25.9. The number of anilines is 1. The summed E-state index contributed by atoms with van der Waals surface area (Å²) in [4.78, 5) is 11.0. The summed E-state index contributed by atoms with van der Waals surface area (Å²) in [6.07, 6.45) is 0.584. The van der Waals surface area contributed by atoms with Gasteiger partial charge < -0.3 is 5.73 Å². The first-order valence-electron chi connectivity index (χ1n) is 7.11. The molecule has 0 spiro atoms. The van der Waals surface area contributed by atoms with Crippen LogP contribution in [0.3, 0.4) is 0 Å². The van der Waals surface area contributed by atoms with Crippen molar-refractivity contribution in [2.24, 2.45) is 0 Å². The fourth-order valence-corrected chi connectivity index (χ4v) is 3.95. The van der Waals surface area contributed by atoms with E-state index in [1.165, 1.54) is 24.3 Å². The molecule has 0 unspecified atom stereocenters. The van der Waals surface area contributed by atoms with Crippen molar-refractivity contribution in [3.05, 3.63) is 71.8 Å². The number of rotatable bonds is 3. The number of hydrogen-bond donors (Lipinski definition) is 2. The van der Waals surface area contributed by atoms with E-state index in [9.17, 15) is 13.2 Å². The van der Waals surface area contributed by atoms with Crippen LogP contribution in [0, 0.1) is 5.41 Å². The van der Waals surface area contributed by atoms with Crippen LogP contribution in [0.25, 0.3) is 10.8 Å². The number of carbonyl (C=O) groups is 1. The van der Waals surface area contributed by atoms with Crippen LogP contribution in [0.1, 0.15) is 15.9 Å². The smallest absolute Gasteiger partial charge is 0.224 e. The zero-order valence-corrected chi connectivity index (χ0v) is 13.4. The van der Waals surface area contributed by atoms with E-state index < -0.39 is 14.9 Å². The molecular weight excluding hydrogens is 324 g/mol. The summed E-state index contributed by atoms with van der Waals surface area (Å²) in [5, 5.41) is 8.85. The minimum atomic E-state index is -4.08. The SMILES string of the molecule is N=C(c1cc(C=O)ccc1N)S(=O)(=O)c1cccc2ccccc12. The molecule has 3 aromatic carbocycles. The molecule has 0 amide bonds. The van der Waals surface area contributed by atoms with Gasteiger partial charge in [0.25, 0.3) is 0 Å². The van der Waals surface area contributed by atoms with E-state index in [4.69, 9.17) is 11.1 Å². The van der Waals surface area contributed by atoms with Crippen LogP contribution >= 0.6 is 0 Å². The average Bonchev–Trinajstić information content (AvgIpc) is 2.61. The summed E-state index contributed by atoms with van der Waals surface area (Å²) in [7, 11) is -4.08. The first-order chi connectivity index (χ1) is 11.4. The molecule has 3 aromatic rings. The maximum atomic E-state index is 12.9. The first-order valence-corrected chi connectivity index (χ1v) is 8.60. The highest BCUT2D eigenvalue weighted by Crippen LogP contribution is 2.27. The van der Waals surface area contributed by atoms with Crippen molar-refractivity contribution in [2.75, 3.05) is 5.73 Å². The maximum absolute atomic E-state index is 12.9. The Bertz CT molecular complexity index is 1070. The number of nitrogens with two attached hydrogens (primary N) is 1. The van der Waals surface area contributed by atoms with Crippen LogP contribution < -0.4 is 5.73 Å². The molecule has 3 rings (SSSR count). The highest BCUT2D eigenvalue weighted by Gasteiger charge is 2.26. The highest BCUT2D eigenvalue weighted by atomic mass is 32.2. The number of aldehydes is 1. The number of nitrogens with one attached hydrogen (secondary N) is 1. The van der Waals surface area contributed by atoms with Gasteiger partial charge in [0, 0.05) is 22.2 Å². The average molecular weight is 338 g/mol. The molecule has 0 heterocycles. The number of sulfone groups is 1. The lowest BCUT2D eigenvalue weighted by Gasteiger charge is -2.11. The monoisotopic (exact) mass is 338 g/mol. The van der Waals surface area contributed by atoms with E-state index in [2.05, 4.69) is 0 Å². The molecule has 120 valence electrons. The third kappa shape index (κ3) is 2.57. The molecule has 0 radical (unpaired) electrons. The van der Waals surface area contributed by atoms with Gasteiger partial charge >= 0.3 is 0 Å². The van der Waals surface area contributed by atoms with E-state index >= 15 is 0 Å². The Morgan fingerprint density at radius 3 is 2.46 bits per heavy atom. The number of benzene rings is 3. The van der Waals surface area contributed by atoms with Crippen LogP contribution in [0.2, 0.25) is 0 Å². The lowest BCUT2D eigenvalue weighted by atomic mass is 10.1. The molecule has 0 aliphatic carbocycles. The maximum Gasteiger partial charge on any atom is 0.224 e. The van der Waals surface area contributed by atoms with E-state index in [-0.39, 0.29) is 21.7 Å². The Labute approximate surface area is 139 Å². The minimum Gasteiger partial charge on any atom is -0.398 e. The zero-order valence-electron chi connectivity index (χ0n) is 12.6. The van der Waals surface area contributed by atoms with Gasteiger partial charge in [-0.3, -0.25) is 10.2 Å². The van der Waals surface area contributed by atoms with E-state index in [0.717, 1.165) is 5.39 Å². The zero-order chi connectivity index (χ0) is 17.3. The van der Waals surface area contributed by atoms with Crippen molar-refractivity contribution < 1.29 is 13.2 Å². The quantitative estimate of drug-likeness (QED) is 0.332. The van der Waals surface area contributed by atoms with Crippen molar-refractivity contribution >= 4 is 37.6 Å². The number of carbonyl (C=O) groups excluding carboxylic acids is 1. The molecule has 6 heteroatoms. The Hall–Kier alpha value is -2.99. The standard InChI is InChI=1S/C18H14N2O3S/c19-16-9-8-12(11-21)10-15(16)18(20)24(22,23)17-7-3-5-13-4-1-2-6-14(13)17/h1-11,20H,19H2. The molecule has 5 nitrogen and oxygen atoms in total. The Kier molecular flexibility index (Phi) is 3.91. The summed E-state index contributed by atoms with van der Waals surface area (Å²) >= 11 is 0. The van der Waals surface area contributed by atoms with Gasteiger partial charge in [-0.2, -0.15) is 0 Å². The fourth-order valence-electron chi connectivity index (χ4n) is 2.53. The molecule has 0 fully saturated rings. The third-order valence-electron chi connectivity index (χ3n) is 3.77. The van der Waals surface area contributed by atoms with Crippen LogP contribution in [0.5, 0.6) is 0 Å². The van der Waals surface area contributed by atoms with E-state index in [1.54, 1.807) is 30.3 Å². The van der Waals surface area contributed by atoms with Crippen LogP contribution in [-0.4, -0.2) is 19.7 Å². The van der Waals surface area contributed by atoms with Crippen molar-refractivity contribution in [2.45, 2.75) is 4.90 Å². The van der Waals surface area contributed by atoms with Crippen LogP contribution in [0.15, 0.2) is 65.6 Å². The largest absolute Gasteiger partial charge is 0.398 e. The molecule has 0 aromatic heterocycles. The molecule has 0 aliphatic heterocycles. The molecule has 24 heavy (non-hydrogen) atoms. The lowest BCUT2D eigenvalue weighted by Crippen LogP contribution is -2.17. The number of nitrogen functional groups attached to an aromatic ring is 1. The predicted octanol–water partition coefficient (Wildman–Crippen LogP) is 3.03. The topological polar surface area (TPSA) is 101 Å². The summed E-state index contributed by atoms with van der Waals surface area (Å²) in [6.45, 7) is 0. The van der Waals surface area contributed by atoms with Crippen LogP contribution in [-0.2, 0) is 9.84 Å². The molecule has 0 bridgehead atoms. The third-order valence-corrected chi connectivity index (χ3v) is 5.46. The molecule has 0 saturated heterocycles.